The van der Waals surface area contributed by atoms with E-state index in [2.05, 4.69) is 15.0 Å². The Kier molecular flexibility index (Phi) is 4.28. The third-order valence-electron chi connectivity index (χ3n) is 4.68. The van der Waals surface area contributed by atoms with Gasteiger partial charge in [-0.15, -0.1) is 0 Å². The summed E-state index contributed by atoms with van der Waals surface area (Å²) in [4.78, 5) is 15.2. The van der Waals surface area contributed by atoms with E-state index in [0.29, 0.717) is 43.3 Å². The maximum Gasteiger partial charge on any atom is 0.207 e. The number of fused-ring (bicyclic) bond motifs is 1. The van der Waals surface area contributed by atoms with Gasteiger partial charge in [-0.05, 0) is 31.0 Å². The molecule has 0 bridgehead atoms. The third kappa shape index (κ3) is 3.12. The van der Waals surface area contributed by atoms with Crippen LogP contribution in [0.2, 0.25) is 0 Å². The van der Waals surface area contributed by atoms with Gasteiger partial charge in [-0.1, -0.05) is 0 Å². The van der Waals surface area contributed by atoms with E-state index < -0.39 is 12.2 Å². The van der Waals surface area contributed by atoms with Crippen LogP contribution >= 0.6 is 0 Å². The summed E-state index contributed by atoms with van der Waals surface area (Å²) in [6.45, 7) is 3.19. The van der Waals surface area contributed by atoms with Crippen molar-refractivity contribution in [3.05, 3.63) is 47.8 Å². The van der Waals surface area contributed by atoms with Crippen LogP contribution in [0.3, 0.4) is 0 Å². The molecule has 1 fully saturated rings. The van der Waals surface area contributed by atoms with Crippen molar-refractivity contribution in [3.63, 3.8) is 0 Å². The largest absolute Gasteiger partial charge is 0.340 e. The van der Waals surface area contributed by atoms with Crippen molar-refractivity contribution in [3.8, 4) is 0 Å². The van der Waals surface area contributed by atoms with Crippen LogP contribution in [0, 0.1) is 12.7 Å². The first kappa shape index (κ1) is 16.8. The lowest BCUT2D eigenvalue weighted by atomic mass is 10.1. The summed E-state index contributed by atoms with van der Waals surface area (Å²) in [7, 11) is 0. The lowest BCUT2D eigenvalue weighted by molar-refractivity contribution is 0.243. The second kappa shape index (κ2) is 6.60. The summed E-state index contributed by atoms with van der Waals surface area (Å²) >= 11 is 0. The first-order chi connectivity index (χ1) is 12.5. The molecule has 0 saturated carbocycles. The number of nitrogens with zero attached hydrogens (tertiary/aromatic N) is 5. The molecular formula is C18H20F2N6. The van der Waals surface area contributed by atoms with Crippen LogP contribution in [0.5, 0.6) is 0 Å². The Hall–Kier alpha value is -2.61. The van der Waals surface area contributed by atoms with Crippen LogP contribution in [0.1, 0.15) is 17.8 Å². The third-order valence-corrected chi connectivity index (χ3v) is 4.68. The molecule has 3 heterocycles. The van der Waals surface area contributed by atoms with Crippen LogP contribution in [-0.2, 0) is 6.54 Å². The van der Waals surface area contributed by atoms with Gasteiger partial charge < -0.3 is 15.2 Å². The predicted octanol–water partition coefficient (Wildman–Crippen LogP) is 2.20. The van der Waals surface area contributed by atoms with E-state index in [0.717, 1.165) is 11.1 Å². The molecule has 1 aliphatic rings. The highest BCUT2D eigenvalue weighted by atomic mass is 19.1. The van der Waals surface area contributed by atoms with Crippen LogP contribution in [-0.4, -0.2) is 44.8 Å². The van der Waals surface area contributed by atoms with Crippen molar-refractivity contribution in [2.24, 2.45) is 5.73 Å². The average Bonchev–Trinajstić information content (AvgIpc) is 2.97. The zero-order chi connectivity index (χ0) is 18.3. The number of imidazole rings is 1. The van der Waals surface area contributed by atoms with Gasteiger partial charge in [-0.2, -0.15) is 0 Å². The second-order valence-corrected chi connectivity index (χ2v) is 6.72. The van der Waals surface area contributed by atoms with Crippen molar-refractivity contribution in [1.29, 1.82) is 0 Å². The molecule has 4 rings (SSSR count). The second-order valence-electron chi connectivity index (χ2n) is 6.72. The normalized spacial score (nSPS) is 20.7. The molecule has 8 heteroatoms. The average molecular weight is 358 g/mol. The zero-order valence-electron chi connectivity index (χ0n) is 14.4. The molecule has 0 spiro atoms. The number of anilines is 1. The van der Waals surface area contributed by atoms with Gasteiger partial charge in [0.05, 0.1) is 23.6 Å². The minimum Gasteiger partial charge on any atom is -0.340 e. The van der Waals surface area contributed by atoms with Gasteiger partial charge in [0.1, 0.15) is 17.8 Å². The summed E-state index contributed by atoms with van der Waals surface area (Å²) < 4.78 is 29.3. The summed E-state index contributed by atoms with van der Waals surface area (Å²) in [5, 5.41) is 0. The number of piperidine rings is 1. The molecule has 6 nitrogen and oxygen atoms in total. The number of hydrogen-bond acceptors (Lipinski definition) is 5. The molecule has 1 aliphatic heterocycles. The molecule has 0 radical (unpaired) electrons. The van der Waals surface area contributed by atoms with Gasteiger partial charge in [0, 0.05) is 31.5 Å². The SMILES string of the molecule is Cc1cnc(Cn2c(N3CC[C@@H](F)[C@H](N)C3)nc3cc(F)ccc32)nc1. The lowest BCUT2D eigenvalue weighted by Gasteiger charge is -2.34. The molecule has 0 unspecified atom stereocenters. The first-order valence-electron chi connectivity index (χ1n) is 8.59. The molecule has 2 atom stereocenters. The maximum atomic E-state index is 13.8. The highest BCUT2D eigenvalue weighted by Crippen LogP contribution is 2.27. The Morgan fingerprint density at radius 1 is 1.27 bits per heavy atom. The number of nitrogens with two attached hydrogens (primary N) is 1. The van der Waals surface area contributed by atoms with Crippen molar-refractivity contribution >= 4 is 17.0 Å². The Morgan fingerprint density at radius 2 is 2.04 bits per heavy atom. The van der Waals surface area contributed by atoms with E-state index in [-0.39, 0.29) is 5.82 Å². The Bertz CT molecular complexity index is 923. The monoisotopic (exact) mass is 358 g/mol. The molecule has 2 aromatic heterocycles. The number of aryl methyl sites for hydroxylation is 1. The van der Waals surface area contributed by atoms with Gasteiger partial charge in [0.2, 0.25) is 5.95 Å². The van der Waals surface area contributed by atoms with E-state index in [1.54, 1.807) is 18.5 Å². The topological polar surface area (TPSA) is 72.9 Å². The van der Waals surface area contributed by atoms with Crippen LogP contribution < -0.4 is 10.6 Å². The Balaban J connectivity index is 1.76. The molecular weight excluding hydrogens is 338 g/mol. The number of aromatic nitrogens is 4. The molecule has 3 aromatic rings. The van der Waals surface area contributed by atoms with Crippen LogP contribution in [0.25, 0.3) is 11.0 Å². The zero-order valence-corrected chi connectivity index (χ0v) is 14.4. The highest BCUT2D eigenvalue weighted by molar-refractivity contribution is 5.79. The molecule has 1 aromatic carbocycles. The fraction of sp³-hybridized carbons (Fsp3) is 0.389. The van der Waals surface area contributed by atoms with Crippen LogP contribution in [0.15, 0.2) is 30.6 Å². The minimum absolute atomic E-state index is 0.347. The fourth-order valence-electron chi connectivity index (χ4n) is 3.26. The fourth-order valence-corrected chi connectivity index (χ4v) is 3.26. The number of benzene rings is 1. The van der Waals surface area contributed by atoms with Gasteiger partial charge in [0.25, 0.3) is 0 Å². The van der Waals surface area contributed by atoms with E-state index in [9.17, 15) is 8.78 Å². The Labute approximate surface area is 149 Å². The summed E-state index contributed by atoms with van der Waals surface area (Å²) in [5.74, 6) is 0.918. The van der Waals surface area contributed by atoms with Crippen LogP contribution in [0.4, 0.5) is 14.7 Å². The quantitative estimate of drug-likeness (QED) is 0.777. The summed E-state index contributed by atoms with van der Waals surface area (Å²) in [6.07, 6.45) is 2.85. The Morgan fingerprint density at radius 3 is 2.77 bits per heavy atom. The maximum absolute atomic E-state index is 13.8. The molecule has 0 amide bonds. The predicted molar refractivity (Wildman–Crippen MR) is 95.3 cm³/mol. The molecule has 1 saturated heterocycles. The smallest absolute Gasteiger partial charge is 0.207 e. The molecule has 26 heavy (non-hydrogen) atoms. The van der Waals surface area contributed by atoms with E-state index in [1.165, 1.54) is 12.1 Å². The van der Waals surface area contributed by atoms with Gasteiger partial charge >= 0.3 is 0 Å². The lowest BCUT2D eigenvalue weighted by Crippen LogP contribution is -2.50. The molecule has 2 N–H and O–H groups in total. The van der Waals surface area contributed by atoms with Gasteiger partial charge in [-0.3, -0.25) is 0 Å². The number of rotatable bonds is 3. The van der Waals surface area contributed by atoms with Crippen molar-refractivity contribution in [1.82, 2.24) is 19.5 Å². The highest BCUT2D eigenvalue weighted by Gasteiger charge is 2.29. The van der Waals surface area contributed by atoms with Crippen molar-refractivity contribution in [2.45, 2.75) is 32.1 Å². The number of alkyl halides is 1. The first-order valence-corrected chi connectivity index (χ1v) is 8.59. The summed E-state index contributed by atoms with van der Waals surface area (Å²) in [5.41, 5.74) is 8.20. The van der Waals surface area contributed by atoms with Crippen molar-refractivity contribution < 1.29 is 8.78 Å². The minimum atomic E-state index is -1.01. The molecule has 0 aliphatic carbocycles. The van der Waals surface area contributed by atoms with Crippen molar-refractivity contribution in [2.75, 3.05) is 18.0 Å². The number of hydrogen-bond donors (Lipinski definition) is 1. The van der Waals surface area contributed by atoms with Gasteiger partial charge in [0.15, 0.2) is 0 Å². The molecule has 136 valence electrons. The van der Waals surface area contributed by atoms with E-state index >= 15 is 0 Å². The number of halogens is 2. The van der Waals surface area contributed by atoms with E-state index in [4.69, 9.17) is 5.73 Å². The standard InChI is InChI=1S/C18H20F2N6/c1-11-7-22-17(23-8-11)10-26-16-3-2-12(19)6-15(16)24-18(26)25-5-4-13(20)14(21)9-25/h2-3,6-8,13-14H,4-5,9-10,21H2,1H3/t13-,14-/m1/s1. The van der Waals surface area contributed by atoms with Gasteiger partial charge in [-0.25, -0.2) is 23.7 Å². The summed E-state index contributed by atoms with van der Waals surface area (Å²) in [6, 6.07) is 3.92. The van der Waals surface area contributed by atoms with E-state index in [1.807, 2.05) is 16.4 Å².